The van der Waals surface area contributed by atoms with Crippen LogP contribution in [0.1, 0.15) is 10.5 Å². The number of halogens is 1. The molecule has 114 valence electrons. The molecule has 0 radical (unpaired) electrons. The minimum atomic E-state index is -1.17. The molecule has 0 aliphatic carbocycles. The molecule has 1 aliphatic heterocycles. The molecular weight excluding hydrogens is 289 g/mol. The minimum absolute atomic E-state index is 0.0690. The van der Waals surface area contributed by atoms with Crippen molar-refractivity contribution in [3.05, 3.63) is 41.8 Å². The zero-order valence-electron chi connectivity index (χ0n) is 11.7. The quantitative estimate of drug-likeness (QED) is 0.932. The normalized spacial score (nSPS) is 14.9. The first-order chi connectivity index (χ1) is 10.6. The van der Waals surface area contributed by atoms with Crippen molar-refractivity contribution in [1.82, 2.24) is 9.97 Å². The maximum Gasteiger partial charge on any atom is 0.354 e. The van der Waals surface area contributed by atoms with Crippen LogP contribution >= 0.6 is 0 Å². The second-order valence-electron chi connectivity index (χ2n) is 4.82. The van der Waals surface area contributed by atoms with Gasteiger partial charge in [0, 0.05) is 19.2 Å². The predicted octanol–water partition coefficient (Wildman–Crippen LogP) is 1.82. The Balaban J connectivity index is 2.08. The molecule has 0 bridgehead atoms. The average molecular weight is 303 g/mol. The lowest BCUT2D eigenvalue weighted by atomic mass is 10.2. The van der Waals surface area contributed by atoms with Crippen molar-refractivity contribution in [3.63, 3.8) is 0 Å². The Labute approximate surface area is 126 Å². The van der Waals surface area contributed by atoms with Gasteiger partial charge in [0.15, 0.2) is 11.5 Å². The number of hydrogen-bond acceptors (Lipinski definition) is 5. The first-order valence-electron chi connectivity index (χ1n) is 6.85. The largest absolute Gasteiger partial charge is 0.477 e. The lowest BCUT2D eigenvalue weighted by Crippen LogP contribution is -2.37. The van der Waals surface area contributed by atoms with Crippen LogP contribution in [-0.4, -0.2) is 47.3 Å². The van der Waals surface area contributed by atoms with Crippen molar-refractivity contribution in [1.29, 1.82) is 0 Å². The summed E-state index contributed by atoms with van der Waals surface area (Å²) < 4.78 is 19.2. The van der Waals surface area contributed by atoms with Crippen molar-refractivity contribution in [2.24, 2.45) is 0 Å². The van der Waals surface area contributed by atoms with E-state index < -0.39 is 11.8 Å². The molecule has 0 atom stereocenters. The molecule has 1 fully saturated rings. The summed E-state index contributed by atoms with van der Waals surface area (Å²) in [5, 5.41) is 9.22. The van der Waals surface area contributed by atoms with Crippen molar-refractivity contribution in [3.8, 4) is 11.4 Å². The molecule has 1 N–H and O–H groups in total. The molecule has 0 amide bonds. The number of anilines is 1. The molecule has 1 aliphatic rings. The minimum Gasteiger partial charge on any atom is -0.477 e. The zero-order chi connectivity index (χ0) is 15.5. The molecule has 0 saturated carbocycles. The van der Waals surface area contributed by atoms with Crippen LogP contribution < -0.4 is 4.90 Å². The third-order valence-corrected chi connectivity index (χ3v) is 3.38. The van der Waals surface area contributed by atoms with E-state index in [9.17, 15) is 14.3 Å². The summed E-state index contributed by atoms with van der Waals surface area (Å²) in [5.74, 6) is -1.12. The van der Waals surface area contributed by atoms with E-state index in [2.05, 4.69) is 9.97 Å². The van der Waals surface area contributed by atoms with Crippen LogP contribution in [0.4, 0.5) is 10.2 Å². The Hall–Kier alpha value is -2.54. The van der Waals surface area contributed by atoms with Gasteiger partial charge in [-0.3, -0.25) is 0 Å². The number of morpholine rings is 1. The first kappa shape index (κ1) is 14.4. The second kappa shape index (κ2) is 6.07. The first-order valence-corrected chi connectivity index (χ1v) is 6.85. The molecule has 1 aromatic heterocycles. The lowest BCUT2D eigenvalue weighted by Gasteiger charge is -2.28. The van der Waals surface area contributed by atoms with Crippen LogP contribution in [0, 0.1) is 5.82 Å². The fourth-order valence-corrected chi connectivity index (χ4v) is 2.26. The predicted molar refractivity (Wildman–Crippen MR) is 77.4 cm³/mol. The second-order valence-corrected chi connectivity index (χ2v) is 4.82. The van der Waals surface area contributed by atoms with Crippen LogP contribution in [0.5, 0.6) is 0 Å². The molecular formula is C15H14FN3O3. The van der Waals surface area contributed by atoms with Crippen LogP contribution in [0.2, 0.25) is 0 Å². The van der Waals surface area contributed by atoms with Crippen molar-refractivity contribution in [2.75, 3.05) is 31.2 Å². The highest BCUT2D eigenvalue weighted by atomic mass is 19.1. The molecule has 2 aromatic rings. The van der Waals surface area contributed by atoms with E-state index in [-0.39, 0.29) is 17.1 Å². The number of carbonyl (C=O) groups is 1. The van der Waals surface area contributed by atoms with Gasteiger partial charge in [-0.05, 0) is 12.1 Å². The number of carboxylic acids is 1. The maximum atomic E-state index is 13.9. The summed E-state index contributed by atoms with van der Waals surface area (Å²) in [5.41, 5.74) is 0.0230. The summed E-state index contributed by atoms with van der Waals surface area (Å²) in [4.78, 5) is 21.5. The van der Waals surface area contributed by atoms with E-state index in [1.54, 1.807) is 12.1 Å². The Morgan fingerprint density at radius 3 is 2.64 bits per heavy atom. The molecule has 3 rings (SSSR count). The Morgan fingerprint density at radius 1 is 1.23 bits per heavy atom. The maximum absolute atomic E-state index is 13.9. The van der Waals surface area contributed by atoms with E-state index >= 15 is 0 Å². The zero-order valence-corrected chi connectivity index (χ0v) is 11.7. The van der Waals surface area contributed by atoms with Gasteiger partial charge in [0.05, 0.1) is 18.8 Å². The molecule has 0 unspecified atom stereocenters. The monoisotopic (exact) mass is 303 g/mol. The van der Waals surface area contributed by atoms with Gasteiger partial charge in [0.2, 0.25) is 0 Å². The summed E-state index contributed by atoms with van der Waals surface area (Å²) in [6.45, 7) is 2.29. The van der Waals surface area contributed by atoms with Crippen LogP contribution in [-0.2, 0) is 4.74 Å². The van der Waals surface area contributed by atoms with Gasteiger partial charge in [0.25, 0.3) is 0 Å². The van der Waals surface area contributed by atoms with Gasteiger partial charge < -0.3 is 14.7 Å². The Bertz CT molecular complexity index is 702. The van der Waals surface area contributed by atoms with Gasteiger partial charge in [-0.2, -0.15) is 0 Å². The number of hydrogen-bond donors (Lipinski definition) is 1. The lowest BCUT2D eigenvalue weighted by molar-refractivity contribution is 0.0690. The SMILES string of the molecule is O=C(O)c1cc(N2CCOCC2)nc(-c2ccccc2F)n1. The van der Waals surface area contributed by atoms with E-state index in [1.807, 2.05) is 4.90 Å². The third kappa shape index (κ3) is 2.89. The van der Waals surface area contributed by atoms with Crippen LogP contribution in [0.15, 0.2) is 30.3 Å². The molecule has 6 nitrogen and oxygen atoms in total. The topological polar surface area (TPSA) is 75.5 Å². The van der Waals surface area contributed by atoms with E-state index in [0.717, 1.165) is 0 Å². The average Bonchev–Trinajstić information content (AvgIpc) is 2.55. The highest BCUT2D eigenvalue weighted by Crippen LogP contribution is 2.23. The molecule has 2 heterocycles. The number of carboxylic acid groups (broad SMARTS) is 1. The fourth-order valence-electron chi connectivity index (χ4n) is 2.26. The molecule has 7 heteroatoms. The van der Waals surface area contributed by atoms with Gasteiger partial charge in [-0.1, -0.05) is 12.1 Å². The number of nitrogens with zero attached hydrogens (tertiary/aromatic N) is 3. The summed E-state index contributed by atoms with van der Waals surface area (Å²) in [6, 6.07) is 7.43. The third-order valence-electron chi connectivity index (χ3n) is 3.38. The van der Waals surface area contributed by atoms with Gasteiger partial charge >= 0.3 is 5.97 Å². The van der Waals surface area contributed by atoms with E-state index in [4.69, 9.17) is 4.74 Å². The van der Waals surface area contributed by atoms with E-state index in [1.165, 1.54) is 18.2 Å². The van der Waals surface area contributed by atoms with Gasteiger partial charge in [-0.15, -0.1) is 0 Å². The number of rotatable bonds is 3. The smallest absolute Gasteiger partial charge is 0.354 e. The van der Waals surface area contributed by atoms with Crippen LogP contribution in [0.25, 0.3) is 11.4 Å². The number of ether oxygens (including phenoxy) is 1. The standard InChI is InChI=1S/C15H14FN3O3/c16-11-4-2-1-3-10(11)14-17-12(15(20)21)9-13(18-14)19-5-7-22-8-6-19/h1-4,9H,5-8H2,(H,20,21). The Kier molecular flexibility index (Phi) is 3.97. The fraction of sp³-hybridized carbons (Fsp3) is 0.267. The van der Waals surface area contributed by atoms with Crippen molar-refractivity contribution >= 4 is 11.8 Å². The summed E-state index contributed by atoms with van der Waals surface area (Å²) >= 11 is 0. The van der Waals surface area contributed by atoms with Gasteiger partial charge in [-0.25, -0.2) is 19.2 Å². The van der Waals surface area contributed by atoms with E-state index in [0.29, 0.717) is 32.1 Å². The molecule has 22 heavy (non-hydrogen) atoms. The molecule has 0 spiro atoms. The van der Waals surface area contributed by atoms with Gasteiger partial charge in [0.1, 0.15) is 11.6 Å². The highest BCUT2D eigenvalue weighted by molar-refractivity contribution is 5.87. The highest BCUT2D eigenvalue weighted by Gasteiger charge is 2.19. The van der Waals surface area contributed by atoms with Crippen LogP contribution in [0.3, 0.4) is 0 Å². The summed E-state index contributed by atoms with van der Waals surface area (Å²) in [6.07, 6.45) is 0. The summed E-state index contributed by atoms with van der Waals surface area (Å²) in [7, 11) is 0. The molecule has 1 saturated heterocycles. The Morgan fingerprint density at radius 2 is 1.95 bits per heavy atom. The number of benzene rings is 1. The number of aromatic nitrogens is 2. The van der Waals surface area contributed by atoms with Crippen molar-refractivity contribution < 1.29 is 19.0 Å². The molecule has 1 aromatic carbocycles. The van der Waals surface area contributed by atoms with Crippen molar-refractivity contribution in [2.45, 2.75) is 0 Å². The number of aromatic carboxylic acids is 1.